The lowest BCUT2D eigenvalue weighted by atomic mass is 10.1. The van der Waals surface area contributed by atoms with Crippen molar-refractivity contribution >= 4 is 27.5 Å². The highest BCUT2D eigenvalue weighted by Gasteiger charge is 2.18. The molecule has 6 nitrogen and oxygen atoms in total. The Hall–Kier alpha value is -1.15. The van der Waals surface area contributed by atoms with Crippen LogP contribution < -0.4 is 10.5 Å². The first-order valence-corrected chi connectivity index (χ1v) is 7.72. The Morgan fingerprint density at radius 2 is 2.10 bits per heavy atom. The molecule has 1 rings (SSSR count). The molecule has 0 saturated carbocycles. The molecule has 0 fully saturated rings. The van der Waals surface area contributed by atoms with Crippen molar-refractivity contribution in [3.05, 3.63) is 28.3 Å². The number of carbonyl (C=O) groups excluding carboxylic acids is 1. The highest BCUT2D eigenvalue weighted by Crippen LogP contribution is 2.24. The fourth-order valence-electron chi connectivity index (χ4n) is 1.65. The van der Waals surface area contributed by atoms with Crippen LogP contribution in [0.5, 0.6) is 0 Å². The standard InChI is InChI=1S/C12H17ClN2O4S/c1-7(6-19-3)15-12(16)10-4-9(20(14,17)18)5-11(13)8(10)2/h4-5,7H,6H2,1-3H3,(H,15,16)(H2,14,17,18). The summed E-state index contributed by atoms with van der Waals surface area (Å²) in [6.45, 7) is 3.74. The van der Waals surface area contributed by atoms with E-state index in [9.17, 15) is 13.2 Å². The van der Waals surface area contributed by atoms with Gasteiger partial charge in [0.05, 0.1) is 11.5 Å². The summed E-state index contributed by atoms with van der Waals surface area (Å²) in [4.78, 5) is 11.9. The molecule has 20 heavy (non-hydrogen) atoms. The van der Waals surface area contributed by atoms with Crippen LogP contribution in [0, 0.1) is 6.92 Å². The molecule has 0 radical (unpaired) electrons. The number of nitrogens with two attached hydrogens (primary N) is 1. The zero-order valence-corrected chi connectivity index (χ0v) is 13.0. The van der Waals surface area contributed by atoms with E-state index in [1.54, 1.807) is 13.8 Å². The Balaban J connectivity index is 3.17. The van der Waals surface area contributed by atoms with Crippen LogP contribution in [-0.4, -0.2) is 34.1 Å². The summed E-state index contributed by atoms with van der Waals surface area (Å²) >= 11 is 5.94. The zero-order valence-electron chi connectivity index (χ0n) is 11.4. The van der Waals surface area contributed by atoms with Crippen LogP contribution in [0.15, 0.2) is 17.0 Å². The van der Waals surface area contributed by atoms with Crippen molar-refractivity contribution in [2.45, 2.75) is 24.8 Å². The molecule has 3 N–H and O–H groups in total. The summed E-state index contributed by atoms with van der Waals surface area (Å²) in [6, 6.07) is 2.22. The maximum Gasteiger partial charge on any atom is 0.251 e. The van der Waals surface area contributed by atoms with E-state index in [2.05, 4.69) is 5.32 Å². The van der Waals surface area contributed by atoms with Gasteiger partial charge in [0.15, 0.2) is 0 Å². The number of amides is 1. The van der Waals surface area contributed by atoms with Gasteiger partial charge in [-0.25, -0.2) is 13.6 Å². The minimum atomic E-state index is -3.93. The van der Waals surface area contributed by atoms with Gasteiger partial charge in [-0.3, -0.25) is 4.79 Å². The van der Waals surface area contributed by atoms with Crippen LogP contribution in [-0.2, 0) is 14.8 Å². The third-order valence-corrected chi connectivity index (χ3v) is 3.97. The predicted octanol–water partition coefficient (Wildman–Crippen LogP) is 1.06. The van der Waals surface area contributed by atoms with Crippen LogP contribution >= 0.6 is 11.6 Å². The molecule has 1 aromatic rings. The zero-order chi connectivity index (χ0) is 15.5. The van der Waals surface area contributed by atoms with Crippen LogP contribution in [0.4, 0.5) is 0 Å². The van der Waals surface area contributed by atoms with E-state index in [4.69, 9.17) is 21.5 Å². The number of sulfonamides is 1. The first-order chi connectivity index (χ1) is 9.16. The maximum absolute atomic E-state index is 12.1. The van der Waals surface area contributed by atoms with Crippen LogP contribution in [0.3, 0.4) is 0 Å². The Morgan fingerprint density at radius 1 is 1.50 bits per heavy atom. The molecule has 1 unspecified atom stereocenters. The molecule has 0 aliphatic heterocycles. The highest BCUT2D eigenvalue weighted by molar-refractivity contribution is 7.89. The predicted molar refractivity (Wildman–Crippen MR) is 76.4 cm³/mol. The molecule has 0 spiro atoms. The number of nitrogens with one attached hydrogen (secondary N) is 1. The molecule has 0 bridgehead atoms. The van der Waals surface area contributed by atoms with E-state index in [-0.39, 0.29) is 21.5 Å². The van der Waals surface area contributed by atoms with Gasteiger partial charge in [-0.2, -0.15) is 0 Å². The first kappa shape index (κ1) is 16.9. The summed E-state index contributed by atoms with van der Waals surface area (Å²) < 4.78 is 27.6. The third-order valence-electron chi connectivity index (χ3n) is 2.69. The number of rotatable bonds is 5. The minimum Gasteiger partial charge on any atom is -0.383 e. The normalized spacial score (nSPS) is 13.1. The fourth-order valence-corrected chi connectivity index (χ4v) is 2.50. The molecule has 1 aromatic carbocycles. The van der Waals surface area contributed by atoms with Gasteiger partial charge in [-0.15, -0.1) is 0 Å². The molecule has 0 aliphatic rings. The molecule has 8 heteroatoms. The Morgan fingerprint density at radius 3 is 2.60 bits per heavy atom. The second-order valence-corrected chi connectivity index (χ2v) is 6.42. The number of methoxy groups -OCH3 is 1. The molecule has 1 atom stereocenters. The number of hydrogen-bond acceptors (Lipinski definition) is 4. The molecule has 0 saturated heterocycles. The van der Waals surface area contributed by atoms with Gasteiger partial charge in [0.2, 0.25) is 10.0 Å². The second kappa shape index (κ2) is 6.53. The van der Waals surface area contributed by atoms with Crippen LogP contribution in [0.1, 0.15) is 22.8 Å². The molecule has 0 aromatic heterocycles. The van der Waals surface area contributed by atoms with E-state index in [0.717, 1.165) is 0 Å². The van der Waals surface area contributed by atoms with Crippen molar-refractivity contribution < 1.29 is 17.9 Å². The van der Waals surface area contributed by atoms with E-state index in [1.165, 1.54) is 19.2 Å². The van der Waals surface area contributed by atoms with Crippen molar-refractivity contribution in [3.63, 3.8) is 0 Å². The smallest absolute Gasteiger partial charge is 0.251 e. The van der Waals surface area contributed by atoms with Crippen molar-refractivity contribution in [3.8, 4) is 0 Å². The minimum absolute atomic E-state index is 0.168. The number of benzene rings is 1. The van der Waals surface area contributed by atoms with E-state index in [0.29, 0.717) is 12.2 Å². The van der Waals surface area contributed by atoms with Crippen molar-refractivity contribution in [2.75, 3.05) is 13.7 Å². The average Bonchev–Trinajstić information content (AvgIpc) is 2.31. The van der Waals surface area contributed by atoms with Gasteiger partial charge in [0.1, 0.15) is 0 Å². The summed E-state index contributed by atoms with van der Waals surface area (Å²) in [6.07, 6.45) is 0. The van der Waals surface area contributed by atoms with Crippen LogP contribution in [0.25, 0.3) is 0 Å². The number of carbonyl (C=O) groups is 1. The number of ether oxygens (including phenoxy) is 1. The highest BCUT2D eigenvalue weighted by atomic mass is 35.5. The lowest BCUT2D eigenvalue weighted by Gasteiger charge is -2.15. The largest absolute Gasteiger partial charge is 0.383 e. The number of hydrogen-bond donors (Lipinski definition) is 2. The Bertz CT molecular complexity index is 616. The van der Waals surface area contributed by atoms with Gasteiger partial charge in [0, 0.05) is 23.7 Å². The van der Waals surface area contributed by atoms with E-state index in [1.807, 2.05) is 0 Å². The van der Waals surface area contributed by atoms with Crippen molar-refractivity contribution in [1.82, 2.24) is 5.32 Å². The molecule has 1 amide bonds. The van der Waals surface area contributed by atoms with Gasteiger partial charge >= 0.3 is 0 Å². The topological polar surface area (TPSA) is 98.5 Å². The fraction of sp³-hybridized carbons (Fsp3) is 0.417. The lowest BCUT2D eigenvalue weighted by molar-refractivity contribution is 0.0904. The Kier molecular flexibility index (Phi) is 5.52. The molecule has 0 aliphatic carbocycles. The molecule has 112 valence electrons. The molecule has 0 heterocycles. The first-order valence-electron chi connectivity index (χ1n) is 5.79. The Labute approximate surface area is 123 Å². The lowest BCUT2D eigenvalue weighted by Crippen LogP contribution is -2.36. The third kappa shape index (κ3) is 4.17. The van der Waals surface area contributed by atoms with E-state index < -0.39 is 15.9 Å². The van der Waals surface area contributed by atoms with Gasteiger partial charge in [0.25, 0.3) is 5.91 Å². The SMILES string of the molecule is COCC(C)NC(=O)c1cc(S(N)(=O)=O)cc(Cl)c1C. The summed E-state index contributed by atoms with van der Waals surface area (Å²) in [5, 5.41) is 7.91. The average molecular weight is 321 g/mol. The number of primary sulfonamides is 1. The van der Waals surface area contributed by atoms with Gasteiger partial charge in [-0.1, -0.05) is 11.6 Å². The quantitative estimate of drug-likeness (QED) is 0.847. The summed E-state index contributed by atoms with van der Waals surface area (Å²) in [5.41, 5.74) is 0.658. The number of halogens is 1. The van der Waals surface area contributed by atoms with E-state index >= 15 is 0 Å². The second-order valence-electron chi connectivity index (χ2n) is 4.45. The van der Waals surface area contributed by atoms with Crippen molar-refractivity contribution in [1.29, 1.82) is 0 Å². The van der Waals surface area contributed by atoms with Gasteiger partial charge < -0.3 is 10.1 Å². The van der Waals surface area contributed by atoms with Gasteiger partial charge in [-0.05, 0) is 31.5 Å². The monoisotopic (exact) mass is 320 g/mol. The summed E-state index contributed by atoms with van der Waals surface area (Å²) in [7, 11) is -2.41. The molecular formula is C12H17ClN2O4S. The maximum atomic E-state index is 12.1. The summed E-state index contributed by atoms with van der Waals surface area (Å²) in [5.74, 6) is -0.431. The molecular weight excluding hydrogens is 304 g/mol. The van der Waals surface area contributed by atoms with Crippen molar-refractivity contribution in [2.24, 2.45) is 5.14 Å². The van der Waals surface area contributed by atoms with Crippen LogP contribution in [0.2, 0.25) is 5.02 Å².